The van der Waals surface area contributed by atoms with Crippen molar-refractivity contribution in [3.63, 3.8) is 0 Å². The third kappa shape index (κ3) is 3.53. The molecule has 0 aliphatic rings. The molecule has 0 radical (unpaired) electrons. The fraction of sp³-hybridized carbons (Fsp3) is 0.500. The molecule has 1 N–H and O–H groups in total. The molecule has 1 rings (SSSR count). The zero-order chi connectivity index (χ0) is 11.1. The highest BCUT2D eigenvalue weighted by atomic mass is 16.5. The maximum Gasteiger partial charge on any atom is 0.356 e. The Kier molecular flexibility index (Phi) is 4.53. The molecule has 0 unspecified atom stereocenters. The van der Waals surface area contributed by atoms with E-state index in [1.165, 1.54) is 19.4 Å². The van der Waals surface area contributed by atoms with Crippen LogP contribution in [0.5, 0.6) is 0 Å². The van der Waals surface area contributed by atoms with Crippen molar-refractivity contribution in [2.24, 2.45) is 0 Å². The Balaban J connectivity index is 2.62. The molecule has 0 aromatic carbocycles. The Morgan fingerprint density at radius 1 is 1.60 bits per heavy atom. The van der Waals surface area contributed by atoms with Gasteiger partial charge in [0, 0.05) is 12.7 Å². The van der Waals surface area contributed by atoms with Gasteiger partial charge in [-0.25, -0.2) is 14.8 Å². The number of carbonyl (C=O) groups excluding carboxylic acids is 1. The molecular formula is C10H15N3O2. The van der Waals surface area contributed by atoms with Gasteiger partial charge in [-0.3, -0.25) is 0 Å². The first-order chi connectivity index (χ1) is 7.27. The second-order valence-electron chi connectivity index (χ2n) is 3.04. The van der Waals surface area contributed by atoms with Gasteiger partial charge in [-0.05, 0) is 12.5 Å². The highest BCUT2D eigenvalue weighted by molar-refractivity contribution is 5.87. The number of nitrogens with zero attached hydrogens (tertiary/aromatic N) is 2. The number of nitrogens with one attached hydrogen (secondary N) is 1. The van der Waals surface area contributed by atoms with Crippen molar-refractivity contribution in [1.29, 1.82) is 0 Å². The topological polar surface area (TPSA) is 64.1 Å². The highest BCUT2D eigenvalue weighted by Gasteiger charge is 2.07. The number of esters is 1. The molecule has 1 heterocycles. The summed E-state index contributed by atoms with van der Waals surface area (Å²) in [6.45, 7) is 2.91. The summed E-state index contributed by atoms with van der Waals surface area (Å²) in [7, 11) is 1.33. The molecule has 0 aliphatic carbocycles. The van der Waals surface area contributed by atoms with Gasteiger partial charge in [-0.15, -0.1) is 0 Å². The predicted molar refractivity (Wildman–Crippen MR) is 56.8 cm³/mol. The predicted octanol–water partition coefficient (Wildman–Crippen LogP) is 1.48. The van der Waals surface area contributed by atoms with E-state index in [9.17, 15) is 4.79 Å². The lowest BCUT2D eigenvalue weighted by molar-refractivity contribution is 0.0594. The Morgan fingerprint density at radius 2 is 2.40 bits per heavy atom. The van der Waals surface area contributed by atoms with Crippen LogP contribution in [-0.4, -0.2) is 29.6 Å². The molecule has 0 aliphatic heterocycles. The molecule has 0 bridgehead atoms. The molecule has 0 spiro atoms. The summed E-state index contributed by atoms with van der Waals surface area (Å²) in [6.07, 6.45) is 3.68. The number of ether oxygens (including phenoxy) is 1. The summed E-state index contributed by atoms with van der Waals surface area (Å²) in [5, 5.41) is 3.03. The lowest BCUT2D eigenvalue weighted by Gasteiger charge is -2.04. The minimum atomic E-state index is -0.448. The van der Waals surface area contributed by atoms with Gasteiger partial charge in [0.1, 0.15) is 0 Å². The summed E-state index contributed by atoms with van der Waals surface area (Å²) in [5.74, 6) is 0.0160. The van der Waals surface area contributed by atoms with Crippen LogP contribution in [0.25, 0.3) is 0 Å². The van der Waals surface area contributed by atoms with E-state index in [1.54, 1.807) is 0 Å². The third-order valence-corrected chi connectivity index (χ3v) is 1.86. The van der Waals surface area contributed by atoms with Crippen LogP contribution >= 0.6 is 0 Å². The zero-order valence-corrected chi connectivity index (χ0v) is 8.99. The highest BCUT2D eigenvalue weighted by Crippen LogP contribution is 2.02. The quantitative estimate of drug-likeness (QED) is 0.587. The number of aromatic nitrogens is 2. The van der Waals surface area contributed by atoms with Gasteiger partial charge in [0.15, 0.2) is 5.69 Å². The monoisotopic (exact) mass is 209 g/mol. The largest absolute Gasteiger partial charge is 0.464 e. The molecule has 0 amide bonds. The maximum absolute atomic E-state index is 11.2. The maximum atomic E-state index is 11.2. The fourth-order valence-corrected chi connectivity index (χ4v) is 1.04. The molecule has 5 nitrogen and oxygen atoms in total. The van der Waals surface area contributed by atoms with E-state index in [2.05, 4.69) is 26.9 Å². The summed E-state index contributed by atoms with van der Waals surface area (Å²) in [6, 6.07) is 1.52. The van der Waals surface area contributed by atoms with E-state index in [1.807, 2.05) is 0 Å². The Bertz CT molecular complexity index is 328. The van der Waals surface area contributed by atoms with Gasteiger partial charge >= 0.3 is 5.97 Å². The molecule has 0 saturated heterocycles. The number of unbranched alkanes of at least 4 members (excludes halogenated alkanes) is 1. The molecule has 0 atom stereocenters. The molecule has 1 aromatic heterocycles. The van der Waals surface area contributed by atoms with E-state index in [0.717, 1.165) is 19.4 Å². The van der Waals surface area contributed by atoms with Crippen LogP contribution in [0.15, 0.2) is 12.3 Å². The number of methoxy groups -OCH3 is 1. The molecule has 82 valence electrons. The average Bonchev–Trinajstić information content (AvgIpc) is 2.29. The van der Waals surface area contributed by atoms with Gasteiger partial charge in [0.2, 0.25) is 5.95 Å². The summed E-state index contributed by atoms with van der Waals surface area (Å²) in [5.41, 5.74) is 0.270. The first kappa shape index (κ1) is 11.4. The van der Waals surface area contributed by atoms with Crippen LogP contribution in [0, 0.1) is 0 Å². The first-order valence-corrected chi connectivity index (χ1v) is 4.93. The van der Waals surface area contributed by atoms with Crippen LogP contribution in [0.2, 0.25) is 0 Å². The molecule has 5 heteroatoms. The van der Waals surface area contributed by atoms with E-state index in [4.69, 9.17) is 0 Å². The number of hydrogen-bond donors (Lipinski definition) is 1. The van der Waals surface area contributed by atoms with Crippen molar-refractivity contribution in [2.45, 2.75) is 19.8 Å². The van der Waals surface area contributed by atoms with E-state index >= 15 is 0 Å². The molecule has 1 aromatic rings. The van der Waals surface area contributed by atoms with Crippen molar-refractivity contribution in [3.05, 3.63) is 18.0 Å². The summed E-state index contributed by atoms with van der Waals surface area (Å²) < 4.78 is 4.56. The Hall–Kier alpha value is -1.65. The van der Waals surface area contributed by atoms with Crippen molar-refractivity contribution in [3.8, 4) is 0 Å². The third-order valence-electron chi connectivity index (χ3n) is 1.86. The number of carbonyl (C=O) groups is 1. The first-order valence-electron chi connectivity index (χ1n) is 4.93. The zero-order valence-electron chi connectivity index (χ0n) is 8.99. The molecule has 0 saturated carbocycles. The van der Waals surface area contributed by atoms with Crippen molar-refractivity contribution in [1.82, 2.24) is 9.97 Å². The van der Waals surface area contributed by atoms with Gasteiger partial charge in [0.25, 0.3) is 0 Å². The fourth-order valence-electron chi connectivity index (χ4n) is 1.04. The van der Waals surface area contributed by atoms with Gasteiger partial charge in [-0.2, -0.15) is 0 Å². The lowest BCUT2D eigenvalue weighted by atomic mass is 10.3. The number of hydrogen-bond acceptors (Lipinski definition) is 5. The second-order valence-corrected chi connectivity index (χ2v) is 3.04. The van der Waals surface area contributed by atoms with Gasteiger partial charge in [0.05, 0.1) is 7.11 Å². The van der Waals surface area contributed by atoms with Crippen LogP contribution in [0.1, 0.15) is 30.3 Å². The van der Waals surface area contributed by atoms with Gasteiger partial charge < -0.3 is 10.1 Å². The van der Waals surface area contributed by atoms with E-state index in [-0.39, 0.29) is 5.69 Å². The van der Waals surface area contributed by atoms with E-state index in [0.29, 0.717) is 5.95 Å². The standard InChI is InChI=1S/C10H15N3O2/c1-3-4-6-11-10-12-7-5-8(13-10)9(14)15-2/h5,7H,3-4,6H2,1-2H3,(H,11,12,13). The normalized spacial score (nSPS) is 9.73. The minimum Gasteiger partial charge on any atom is -0.464 e. The lowest BCUT2D eigenvalue weighted by Crippen LogP contribution is -2.09. The molecule has 15 heavy (non-hydrogen) atoms. The van der Waals surface area contributed by atoms with Crippen LogP contribution in [-0.2, 0) is 4.74 Å². The summed E-state index contributed by atoms with van der Waals surface area (Å²) in [4.78, 5) is 19.2. The molecular weight excluding hydrogens is 194 g/mol. The summed E-state index contributed by atoms with van der Waals surface area (Å²) >= 11 is 0. The number of rotatable bonds is 5. The van der Waals surface area contributed by atoms with Crippen molar-refractivity contribution >= 4 is 11.9 Å². The SMILES string of the molecule is CCCCNc1nccc(C(=O)OC)n1. The van der Waals surface area contributed by atoms with E-state index < -0.39 is 5.97 Å². The Morgan fingerprint density at radius 3 is 3.07 bits per heavy atom. The number of anilines is 1. The molecule has 0 fully saturated rings. The van der Waals surface area contributed by atoms with Crippen LogP contribution < -0.4 is 5.32 Å². The van der Waals surface area contributed by atoms with Gasteiger partial charge in [-0.1, -0.05) is 13.3 Å². The second kappa shape index (κ2) is 5.95. The average molecular weight is 209 g/mol. The van der Waals surface area contributed by atoms with Crippen molar-refractivity contribution < 1.29 is 9.53 Å². The van der Waals surface area contributed by atoms with Crippen LogP contribution in [0.3, 0.4) is 0 Å². The van der Waals surface area contributed by atoms with Crippen LogP contribution in [0.4, 0.5) is 5.95 Å². The van der Waals surface area contributed by atoms with Crippen molar-refractivity contribution in [2.75, 3.05) is 19.0 Å². The minimum absolute atomic E-state index is 0.270. The Labute approximate surface area is 88.9 Å². The smallest absolute Gasteiger partial charge is 0.356 e.